The van der Waals surface area contributed by atoms with Gasteiger partial charge in [-0.05, 0) is 17.7 Å². The van der Waals surface area contributed by atoms with E-state index in [0.29, 0.717) is 12.4 Å². The SMILES string of the molecule is NC(=CC=O)Cc1cc(F)c(F)cc1F. The maximum absolute atomic E-state index is 13.1. The summed E-state index contributed by atoms with van der Waals surface area (Å²) in [6, 6.07) is 1.16. The van der Waals surface area contributed by atoms with E-state index in [1.807, 2.05) is 0 Å². The number of benzene rings is 1. The van der Waals surface area contributed by atoms with Crippen LogP contribution in [0.2, 0.25) is 0 Å². The summed E-state index contributed by atoms with van der Waals surface area (Å²) in [4.78, 5) is 10.0. The van der Waals surface area contributed by atoms with Gasteiger partial charge in [0.05, 0.1) is 0 Å². The number of halogens is 3. The molecule has 0 unspecified atom stereocenters. The van der Waals surface area contributed by atoms with E-state index in [9.17, 15) is 18.0 Å². The first-order valence-electron chi connectivity index (χ1n) is 4.08. The molecule has 2 N–H and O–H groups in total. The van der Waals surface area contributed by atoms with Crippen molar-refractivity contribution in [1.82, 2.24) is 0 Å². The van der Waals surface area contributed by atoms with Gasteiger partial charge < -0.3 is 5.73 Å². The molecule has 0 heterocycles. The van der Waals surface area contributed by atoms with Crippen LogP contribution >= 0.6 is 0 Å². The highest BCUT2D eigenvalue weighted by Crippen LogP contribution is 2.15. The van der Waals surface area contributed by atoms with Gasteiger partial charge >= 0.3 is 0 Å². The smallest absolute Gasteiger partial charge is 0.161 e. The van der Waals surface area contributed by atoms with Crippen molar-refractivity contribution >= 4 is 6.29 Å². The van der Waals surface area contributed by atoms with Crippen LogP contribution in [0.15, 0.2) is 23.9 Å². The highest BCUT2D eigenvalue weighted by atomic mass is 19.2. The number of hydrogen-bond acceptors (Lipinski definition) is 2. The fourth-order valence-electron chi connectivity index (χ4n) is 1.07. The van der Waals surface area contributed by atoms with Crippen molar-refractivity contribution in [2.24, 2.45) is 5.73 Å². The molecular weight excluding hydrogens is 207 g/mol. The molecule has 0 aliphatic carbocycles. The normalized spacial score (nSPS) is 11.5. The summed E-state index contributed by atoms with van der Waals surface area (Å²) >= 11 is 0. The summed E-state index contributed by atoms with van der Waals surface area (Å²) in [7, 11) is 0. The van der Waals surface area contributed by atoms with Gasteiger partial charge in [-0.2, -0.15) is 0 Å². The standard InChI is InChI=1S/C10H8F3NO/c11-8-5-10(13)9(12)4-6(8)3-7(14)1-2-15/h1-2,4-5H,3,14H2. The van der Waals surface area contributed by atoms with Crippen molar-refractivity contribution in [3.8, 4) is 0 Å². The molecule has 2 nitrogen and oxygen atoms in total. The molecule has 0 bridgehead atoms. The summed E-state index contributed by atoms with van der Waals surface area (Å²) in [5.41, 5.74) is 5.31. The molecule has 15 heavy (non-hydrogen) atoms. The van der Waals surface area contributed by atoms with Crippen LogP contribution in [0.3, 0.4) is 0 Å². The Morgan fingerprint density at radius 1 is 1.20 bits per heavy atom. The van der Waals surface area contributed by atoms with E-state index >= 15 is 0 Å². The number of aldehydes is 1. The van der Waals surface area contributed by atoms with Gasteiger partial charge in [-0.15, -0.1) is 0 Å². The monoisotopic (exact) mass is 215 g/mol. The molecule has 0 aliphatic rings. The largest absolute Gasteiger partial charge is 0.402 e. The van der Waals surface area contributed by atoms with Gasteiger partial charge in [0.2, 0.25) is 0 Å². The minimum absolute atomic E-state index is 0.0786. The molecule has 0 saturated heterocycles. The molecule has 0 atom stereocenters. The van der Waals surface area contributed by atoms with Crippen molar-refractivity contribution in [1.29, 1.82) is 0 Å². The quantitative estimate of drug-likeness (QED) is 0.473. The Morgan fingerprint density at radius 2 is 1.80 bits per heavy atom. The molecule has 1 rings (SSSR count). The second-order valence-electron chi connectivity index (χ2n) is 2.91. The van der Waals surface area contributed by atoms with Gasteiger partial charge in [0.1, 0.15) is 12.1 Å². The number of hydrogen-bond donors (Lipinski definition) is 1. The molecule has 0 aromatic heterocycles. The lowest BCUT2D eigenvalue weighted by Gasteiger charge is -2.03. The fraction of sp³-hybridized carbons (Fsp3) is 0.100. The lowest BCUT2D eigenvalue weighted by molar-refractivity contribution is -0.104. The highest BCUT2D eigenvalue weighted by molar-refractivity contribution is 5.65. The predicted octanol–water partition coefficient (Wildman–Crippen LogP) is 1.69. The summed E-state index contributed by atoms with van der Waals surface area (Å²) < 4.78 is 38.3. The van der Waals surface area contributed by atoms with E-state index < -0.39 is 17.5 Å². The topological polar surface area (TPSA) is 43.1 Å². The van der Waals surface area contributed by atoms with E-state index in [1.54, 1.807) is 0 Å². The first-order valence-corrected chi connectivity index (χ1v) is 4.08. The third-order valence-corrected chi connectivity index (χ3v) is 1.77. The maximum atomic E-state index is 13.1. The van der Waals surface area contributed by atoms with Crippen LogP contribution in [0.1, 0.15) is 5.56 Å². The molecular formula is C10H8F3NO. The van der Waals surface area contributed by atoms with Gasteiger partial charge in [0.25, 0.3) is 0 Å². The lowest BCUT2D eigenvalue weighted by atomic mass is 10.1. The number of rotatable bonds is 3. The van der Waals surface area contributed by atoms with Gasteiger partial charge in [0, 0.05) is 18.2 Å². The molecule has 0 fully saturated rings. The Bertz CT molecular complexity index is 415. The van der Waals surface area contributed by atoms with Crippen molar-refractivity contribution in [3.05, 3.63) is 46.9 Å². The number of allylic oxidation sites excluding steroid dienone is 2. The minimum Gasteiger partial charge on any atom is -0.402 e. The molecule has 0 amide bonds. The Labute approximate surface area is 84.2 Å². The average Bonchev–Trinajstić information content (AvgIpc) is 2.14. The van der Waals surface area contributed by atoms with Gasteiger partial charge in [-0.1, -0.05) is 0 Å². The first-order chi connectivity index (χ1) is 7.04. The van der Waals surface area contributed by atoms with Crippen LogP contribution in [0.4, 0.5) is 13.2 Å². The maximum Gasteiger partial charge on any atom is 0.161 e. The summed E-state index contributed by atoms with van der Waals surface area (Å²) in [5, 5.41) is 0. The number of nitrogens with two attached hydrogens (primary N) is 1. The van der Waals surface area contributed by atoms with Crippen molar-refractivity contribution in [3.63, 3.8) is 0 Å². The van der Waals surface area contributed by atoms with Crippen molar-refractivity contribution < 1.29 is 18.0 Å². The molecule has 1 aromatic rings. The zero-order valence-electron chi connectivity index (χ0n) is 7.64. The molecule has 0 radical (unpaired) electrons. The van der Waals surface area contributed by atoms with E-state index in [4.69, 9.17) is 5.73 Å². The second kappa shape index (κ2) is 4.63. The van der Waals surface area contributed by atoms with Crippen LogP contribution in [-0.2, 0) is 11.2 Å². The van der Waals surface area contributed by atoms with Gasteiger partial charge in [0.15, 0.2) is 11.6 Å². The zero-order chi connectivity index (χ0) is 11.4. The van der Waals surface area contributed by atoms with Crippen LogP contribution in [-0.4, -0.2) is 6.29 Å². The van der Waals surface area contributed by atoms with Crippen LogP contribution in [0, 0.1) is 17.5 Å². The van der Waals surface area contributed by atoms with E-state index in [0.717, 1.165) is 12.1 Å². The predicted molar refractivity (Wildman–Crippen MR) is 48.4 cm³/mol. The summed E-state index contributed by atoms with van der Waals surface area (Å²) in [6.45, 7) is 0. The molecule has 5 heteroatoms. The van der Waals surface area contributed by atoms with Crippen LogP contribution < -0.4 is 5.73 Å². The third-order valence-electron chi connectivity index (χ3n) is 1.77. The van der Waals surface area contributed by atoms with E-state index in [-0.39, 0.29) is 17.7 Å². The molecule has 0 saturated carbocycles. The fourth-order valence-corrected chi connectivity index (χ4v) is 1.07. The van der Waals surface area contributed by atoms with E-state index in [1.165, 1.54) is 0 Å². The molecule has 80 valence electrons. The van der Waals surface area contributed by atoms with Crippen molar-refractivity contribution in [2.75, 3.05) is 0 Å². The third kappa shape index (κ3) is 2.83. The van der Waals surface area contributed by atoms with Gasteiger partial charge in [-0.3, -0.25) is 4.79 Å². The Balaban J connectivity index is 3.00. The number of carbonyl (C=O) groups excluding carboxylic acids is 1. The Kier molecular flexibility index (Phi) is 3.49. The summed E-state index contributed by atoms with van der Waals surface area (Å²) in [5.74, 6) is -3.30. The number of carbonyl (C=O) groups is 1. The van der Waals surface area contributed by atoms with Crippen LogP contribution in [0.25, 0.3) is 0 Å². The Hall–Kier alpha value is -1.78. The Morgan fingerprint density at radius 3 is 2.40 bits per heavy atom. The van der Waals surface area contributed by atoms with Crippen molar-refractivity contribution in [2.45, 2.75) is 6.42 Å². The average molecular weight is 215 g/mol. The molecule has 0 spiro atoms. The lowest BCUT2D eigenvalue weighted by Crippen LogP contribution is -2.04. The molecule has 1 aromatic carbocycles. The highest BCUT2D eigenvalue weighted by Gasteiger charge is 2.09. The molecule has 0 aliphatic heterocycles. The zero-order valence-corrected chi connectivity index (χ0v) is 7.64. The first kappa shape index (κ1) is 11.3. The second-order valence-corrected chi connectivity index (χ2v) is 2.91. The van der Waals surface area contributed by atoms with Crippen LogP contribution in [0.5, 0.6) is 0 Å². The summed E-state index contributed by atoms with van der Waals surface area (Å²) in [6.07, 6.45) is 1.33. The minimum atomic E-state index is -1.26. The van der Waals surface area contributed by atoms with Gasteiger partial charge in [-0.25, -0.2) is 13.2 Å². The van der Waals surface area contributed by atoms with E-state index in [2.05, 4.69) is 0 Å².